The smallest absolute Gasteiger partial charge is 0.252 e. The molecule has 24 heavy (non-hydrogen) atoms. The van der Waals surface area contributed by atoms with E-state index >= 15 is 0 Å². The fraction of sp³-hybridized carbons (Fsp3) is 0.389. The molecule has 3 heterocycles. The van der Waals surface area contributed by atoms with Crippen LogP contribution in [0.1, 0.15) is 35.3 Å². The van der Waals surface area contributed by atoms with Crippen molar-refractivity contribution < 1.29 is 9.63 Å². The maximum Gasteiger partial charge on any atom is 0.252 e. The van der Waals surface area contributed by atoms with Crippen molar-refractivity contribution >= 4 is 11.7 Å². The zero-order valence-corrected chi connectivity index (χ0v) is 13.6. The molecule has 1 aliphatic rings. The molecule has 1 amide bonds. The number of nitrogens with one attached hydrogen (secondary N) is 1. The summed E-state index contributed by atoms with van der Waals surface area (Å²) in [4.78, 5) is 26.3. The fourth-order valence-corrected chi connectivity index (χ4v) is 2.56. The molecule has 0 radical (unpaired) electrons. The van der Waals surface area contributed by atoms with E-state index in [4.69, 9.17) is 4.84 Å². The minimum Gasteiger partial charge on any atom is -0.352 e. The topological polar surface area (TPSA) is 67.4 Å². The second-order valence-electron chi connectivity index (χ2n) is 5.73. The van der Waals surface area contributed by atoms with Crippen molar-refractivity contribution in [3.8, 4) is 0 Å². The number of rotatable bonds is 6. The number of hydroxylamine groups is 1. The number of nitrogens with zero attached hydrogens (tertiary/aromatic N) is 3. The van der Waals surface area contributed by atoms with Gasteiger partial charge in [-0.2, -0.15) is 0 Å². The van der Waals surface area contributed by atoms with Crippen LogP contribution in [0, 0.1) is 0 Å². The molecule has 1 N–H and O–H groups in total. The zero-order chi connectivity index (χ0) is 16.6. The van der Waals surface area contributed by atoms with Gasteiger partial charge in [0.25, 0.3) is 5.91 Å². The molecule has 1 aliphatic heterocycles. The van der Waals surface area contributed by atoms with Crippen LogP contribution in [-0.2, 0) is 11.3 Å². The van der Waals surface area contributed by atoms with Gasteiger partial charge in [-0.1, -0.05) is 6.07 Å². The molecule has 1 fully saturated rings. The van der Waals surface area contributed by atoms with Crippen LogP contribution in [0.15, 0.2) is 42.7 Å². The maximum atomic E-state index is 12.1. The van der Waals surface area contributed by atoms with Gasteiger partial charge in [0, 0.05) is 31.2 Å². The summed E-state index contributed by atoms with van der Waals surface area (Å²) in [6.45, 7) is 2.18. The van der Waals surface area contributed by atoms with Crippen molar-refractivity contribution in [1.82, 2.24) is 15.3 Å². The van der Waals surface area contributed by atoms with E-state index in [2.05, 4.69) is 15.3 Å². The van der Waals surface area contributed by atoms with Gasteiger partial charge in [-0.3, -0.25) is 14.6 Å². The van der Waals surface area contributed by atoms with Crippen molar-refractivity contribution in [2.24, 2.45) is 0 Å². The molecule has 2 aromatic rings. The normalized spacial score (nSPS) is 14.4. The van der Waals surface area contributed by atoms with Crippen LogP contribution in [0.5, 0.6) is 0 Å². The molecule has 3 rings (SSSR count). The van der Waals surface area contributed by atoms with E-state index in [0.29, 0.717) is 12.1 Å². The number of aryl methyl sites for hydroxylation is 1. The number of pyridine rings is 2. The lowest BCUT2D eigenvalue weighted by molar-refractivity contribution is 0.0761. The Bertz CT molecular complexity index is 640. The molecular weight excluding hydrogens is 304 g/mol. The Morgan fingerprint density at radius 2 is 2.17 bits per heavy atom. The summed E-state index contributed by atoms with van der Waals surface area (Å²) >= 11 is 0. The van der Waals surface area contributed by atoms with E-state index in [9.17, 15) is 4.79 Å². The van der Waals surface area contributed by atoms with Gasteiger partial charge >= 0.3 is 0 Å². The van der Waals surface area contributed by atoms with Gasteiger partial charge in [-0.15, -0.1) is 0 Å². The van der Waals surface area contributed by atoms with Gasteiger partial charge in [-0.05, 0) is 49.9 Å². The Kier molecular flexibility index (Phi) is 5.74. The van der Waals surface area contributed by atoms with Crippen LogP contribution in [0.4, 0.5) is 5.82 Å². The second-order valence-corrected chi connectivity index (χ2v) is 5.73. The third-order valence-corrected chi connectivity index (χ3v) is 3.89. The van der Waals surface area contributed by atoms with Crippen LogP contribution in [0.2, 0.25) is 0 Å². The minimum atomic E-state index is -0.102. The highest BCUT2D eigenvalue weighted by Crippen LogP contribution is 2.16. The van der Waals surface area contributed by atoms with Crippen LogP contribution in [0.25, 0.3) is 0 Å². The van der Waals surface area contributed by atoms with Gasteiger partial charge in [0.2, 0.25) is 0 Å². The van der Waals surface area contributed by atoms with E-state index in [1.165, 1.54) is 0 Å². The van der Waals surface area contributed by atoms with E-state index in [0.717, 1.165) is 50.3 Å². The molecule has 6 heteroatoms. The Hall–Kier alpha value is -2.47. The molecule has 0 unspecified atom stereocenters. The highest BCUT2D eigenvalue weighted by molar-refractivity contribution is 5.94. The first-order valence-electron chi connectivity index (χ1n) is 8.37. The molecule has 0 aromatic carbocycles. The third kappa shape index (κ3) is 4.52. The molecule has 2 aromatic heterocycles. The molecule has 0 atom stereocenters. The lowest BCUT2D eigenvalue weighted by atomic mass is 10.2. The number of hydrogen-bond donors (Lipinski definition) is 1. The summed E-state index contributed by atoms with van der Waals surface area (Å²) in [5, 5.41) is 4.71. The molecule has 0 spiro atoms. The van der Waals surface area contributed by atoms with Crippen LogP contribution < -0.4 is 10.4 Å². The largest absolute Gasteiger partial charge is 0.352 e. The number of amides is 1. The first kappa shape index (κ1) is 16.4. The molecule has 0 bridgehead atoms. The van der Waals surface area contributed by atoms with Crippen molar-refractivity contribution in [1.29, 1.82) is 0 Å². The van der Waals surface area contributed by atoms with E-state index in [1.807, 2.05) is 24.3 Å². The van der Waals surface area contributed by atoms with Crippen LogP contribution in [0.3, 0.4) is 0 Å². The van der Waals surface area contributed by atoms with E-state index in [-0.39, 0.29) is 5.91 Å². The van der Waals surface area contributed by atoms with Gasteiger partial charge in [0.1, 0.15) is 0 Å². The minimum absolute atomic E-state index is 0.102. The SMILES string of the molecule is O=C(NCCCc1ccccn1)c1ccc(N2CCCCO2)nc1. The summed E-state index contributed by atoms with van der Waals surface area (Å²) < 4.78 is 0. The third-order valence-electron chi connectivity index (χ3n) is 3.89. The fourth-order valence-electron chi connectivity index (χ4n) is 2.56. The Morgan fingerprint density at radius 3 is 2.88 bits per heavy atom. The number of hydrogen-bond acceptors (Lipinski definition) is 5. The number of aromatic nitrogens is 2. The Balaban J connectivity index is 1.44. The van der Waals surface area contributed by atoms with Crippen LogP contribution in [-0.4, -0.2) is 35.6 Å². The summed E-state index contributed by atoms with van der Waals surface area (Å²) in [5.41, 5.74) is 1.60. The Morgan fingerprint density at radius 1 is 1.21 bits per heavy atom. The molecule has 1 saturated heterocycles. The highest BCUT2D eigenvalue weighted by Gasteiger charge is 2.14. The monoisotopic (exact) mass is 326 g/mol. The van der Waals surface area contributed by atoms with E-state index in [1.54, 1.807) is 23.5 Å². The van der Waals surface area contributed by atoms with Crippen molar-refractivity contribution in [2.75, 3.05) is 24.8 Å². The first-order chi connectivity index (χ1) is 11.8. The van der Waals surface area contributed by atoms with Gasteiger partial charge in [0.15, 0.2) is 5.82 Å². The average Bonchev–Trinajstić information content (AvgIpc) is 2.67. The second kappa shape index (κ2) is 8.40. The van der Waals surface area contributed by atoms with Gasteiger partial charge in [0.05, 0.1) is 12.2 Å². The predicted molar refractivity (Wildman–Crippen MR) is 91.7 cm³/mol. The van der Waals surface area contributed by atoms with Gasteiger partial charge in [-0.25, -0.2) is 10.0 Å². The first-order valence-corrected chi connectivity index (χ1v) is 8.37. The van der Waals surface area contributed by atoms with Crippen molar-refractivity contribution in [3.63, 3.8) is 0 Å². The molecular formula is C18H22N4O2. The maximum absolute atomic E-state index is 12.1. The lowest BCUT2D eigenvalue weighted by Gasteiger charge is -2.26. The average molecular weight is 326 g/mol. The summed E-state index contributed by atoms with van der Waals surface area (Å²) in [6.07, 6.45) is 7.27. The number of anilines is 1. The lowest BCUT2D eigenvalue weighted by Crippen LogP contribution is -2.30. The van der Waals surface area contributed by atoms with E-state index < -0.39 is 0 Å². The zero-order valence-electron chi connectivity index (χ0n) is 13.6. The van der Waals surface area contributed by atoms with Crippen molar-refractivity contribution in [3.05, 3.63) is 54.0 Å². The predicted octanol–water partition coefficient (Wildman–Crippen LogP) is 2.37. The quantitative estimate of drug-likeness (QED) is 0.826. The summed E-state index contributed by atoms with van der Waals surface area (Å²) in [7, 11) is 0. The van der Waals surface area contributed by atoms with Crippen molar-refractivity contribution in [2.45, 2.75) is 25.7 Å². The molecule has 0 saturated carbocycles. The molecule has 126 valence electrons. The molecule has 0 aliphatic carbocycles. The Labute approximate surface area is 141 Å². The molecule has 6 nitrogen and oxygen atoms in total. The summed E-state index contributed by atoms with van der Waals surface area (Å²) in [5.74, 6) is 0.649. The van der Waals surface area contributed by atoms with Gasteiger partial charge < -0.3 is 5.32 Å². The van der Waals surface area contributed by atoms with Crippen LogP contribution >= 0.6 is 0 Å². The number of carbonyl (C=O) groups is 1. The standard InChI is InChI=1S/C18H22N4O2/c23-18(20-11-5-7-16-6-1-2-10-19-16)15-8-9-17(21-14-15)22-12-3-4-13-24-22/h1-2,6,8-10,14H,3-5,7,11-13H2,(H,20,23). The summed E-state index contributed by atoms with van der Waals surface area (Å²) in [6, 6.07) is 9.48. The highest BCUT2D eigenvalue weighted by atomic mass is 16.7. The number of carbonyl (C=O) groups excluding carboxylic acids is 1.